The summed E-state index contributed by atoms with van der Waals surface area (Å²) < 4.78 is 5.28. The predicted molar refractivity (Wildman–Crippen MR) is 55.7 cm³/mol. The molecular formula is C11H12N2O. The number of morpholine rings is 1. The summed E-state index contributed by atoms with van der Waals surface area (Å²) in [5.41, 5.74) is 1.88. The number of benzene rings is 1. The van der Waals surface area contributed by atoms with Gasteiger partial charge in [-0.15, -0.1) is 0 Å². The molecule has 0 atom stereocenters. The molecular weight excluding hydrogens is 176 g/mol. The van der Waals surface area contributed by atoms with Crippen molar-refractivity contribution in [3.05, 3.63) is 35.7 Å². The Morgan fingerprint density at radius 1 is 1.14 bits per heavy atom. The molecule has 0 N–H and O–H groups in total. The van der Waals surface area contributed by atoms with Crippen molar-refractivity contribution in [3.63, 3.8) is 0 Å². The predicted octanol–water partition coefficient (Wildman–Crippen LogP) is 2.07. The Balaban J connectivity index is 2.12. The number of hydrogen-bond donors (Lipinski definition) is 0. The van der Waals surface area contributed by atoms with Crippen LogP contribution < -0.4 is 4.90 Å². The summed E-state index contributed by atoms with van der Waals surface area (Å²) in [7, 11) is 0. The highest BCUT2D eigenvalue weighted by Gasteiger charge is 2.10. The number of anilines is 1. The van der Waals surface area contributed by atoms with Crippen LogP contribution in [-0.2, 0) is 4.74 Å². The molecule has 0 spiro atoms. The van der Waals surface area contributed by atoms with Crippen molar-refractivity contribution in [2.24, 2.45) is 0 Å². The molecule has 0 radical (unpaired) electrons. The fraction of sp³-hybridized carbons (Fsp3) is 0.364. The van der Waals surface area contributed by atoms with Crippen LogP contribution in [0.2, 0.25) is 0 Å². The molecule has 0 aromatic heterocycles. The van der Waals surface area contributed by atoms with E-state index in [1.165, 1.54) is 5.69 Å². The molecule has 2 rings (SSSR count). The van der Waals surface area contributed by atoms with Gasteiger partial charge in [-0.2, -0.15) is 0 Å². The zero-order valence-electron chi connectivity index (χ0n) is 7.94. The lowest BCUT2D eigenvalue weighted by atomic mass is 10.2. The van der Waals surface area contributed by atoms with Crippen LogP contribution in [0.25, 0.3) is 4.85 Å². The third-order valence-corrected chi connectivity index (χ3v) is 2.36. The fourth-order valence-corrected chi connectivity index (χ4v) is 1.56. The highest BCUT2D eigenvalue weighted by molar-refractivity contribution is 5.55. The highest BCUT2D eigenvalue weighted by Crippen LogP contribution is 2.20. The van der Waals surface area contributed by atoms with Gasteiger partial charge in [0, 0.05) is 18.8 Å². The zero-order valence-corrected chi connectivity index (χ0v) is 7.94. The number of nitrogens with zero attached hydrogens (tertiary/aromatic N) is 2. The molecule has 1 aromatic rings. The van der Waals surface area contributed by atoms with Crippen LogP contribution in [0, 0.1) is 6.57 Å². The highest BCUT2D eigenvalue weighted by atomic mass is 16.5. The maximum absolute atomic E-state index is 6.85. The van der Waals surface area contributed by atoms with Gasteiger partial charge in [-0.05, 0) is 12.1 Å². The van der Waals surface area contributed by atoms with Crippen molar-refractivity contribution in [3.8, 4) is 0 Å². The Morgan fingerprint density at radius 2 is 1.79 bits per heavy atom. The minimum absolute atomic E-state index is 0.696. The number of ether oxygens (including phenoxy) is 1. The van der Waals surface area contributed by atoms with Crippen LogP contribution in [0.15, 0.2) is 24.3 Å². The second-order valence-electron chi connectivity index (χ2n) is 3.23. The normalized spacial score (nSPS) is 16.4. The van der Waals surface area contributed by atoms with Gasteiger partial charge in [-0.1, -0.05) is 12.1 Å². The average molecular weight is 188 g/mol. The third-order valence-electron chi connectivity index (χ3n) is 2.36. The molecule has 3 heteroatoms. The molecule has 3 nitrogen and oxygen atoms in total. The molecule has 0 saturated carbocycles. The van der Waals surface area contributed by atoms with Gasteiger partial charge < -0.3 is 9.64 Å². The van der Waals surface area contributed by atoms with E-state index < -0.39 is 0 Å². The van der Waals surface area contributed by atoms with Crippen LogP contribution in [0.4, 0.5) is 11.4 Å². The maximum Gasteiger partial charge on any atom is 0.187 e. The van der Waals surface area contributed by atoms with Crippen LogP contribution in [0.5, 0.6) is 0 Å². The Labute approximate surface area is 83.7 Å². The molecule has 1 aliphatic heterocycles. The van der Waals surface area contributed by atoms with E-state index in [-0.39, 0.29) is 0 Å². The molecule has 14 heavy (non-hydrogen) atoms. The van der Waals surface area contributed by atoms with E-state index in [0.717, 1.165) is 26.3 Å². The molecule has 0 aliphatic carbocycles. The molecule has 72 valence electrons. The lowest BCUT2D eigenvalue weighted by Gasteiger charge is -2.28. The zero-order chi connectivity index (χ0) is 9.80. The fourth-order valence-electron chi connectivity index (χ4n) is 1.56. The summed E-state index contributed by atoms with van der Waals surface area (Å²) in [5.74, 6) is 0. The smallest absolute Gasteiger partial charge is 0.187 e. The topological polar surface area (TPSA) is 16.8 Å². The van der Waals surface area contributed by atoms with E-state index in [0.29, 0.717) is 5.69 Å². The van der Waals surface area contributed by atoms with Crippen LogP contribution >= 0.6 is 0 Å². The van der Waals surface area contributed by atoms with E-state index >= 15 is 0 Å². The van der Waals surface area contributed by atoms with Crippen LogP contribution in [-0.4, -0.2) is 26.3 Å². The molecule has 1 aromatic carbocycles. The van der Waals surface area contributed by atoms with Gasteiger partial charge in [-0.25, -0.2) is 4.85 Å². The molecule has 0 bridgehead atoms. The summed E-state index contributed by atoms with van der Waals surface area (Å²) >= 11 is 0. The van der Waals surface area contributed by atoms with Crippen molar-refractivity contribution in [1.82, 2.24) is 0 Å². The molecule has 1 fully saturated rings. The lowest BCUT2D eigenvalue weighted by Crippen LogP contribution is -2.36. The molecule has 0 amide bonds. The first-order valence-electron chi connectivity index (χ1n) is 4.70. The first-order valence-corrected chi connectivity index (χ1v) is 4.70. The van der Waals surface area contributed by atoms with E-state index in [9.17, 15) is 0 Å². The van der Waals surface area contributed by atoms with Crippen molar-refractivity contribution >= 4 is 11.4 Å². The SMILES string of the molecule is [C-]#[N+]c1ccc(N2CCOCC2)cc1. The summed E-state index contributed by atoms with van der Waals surface area (Å²) in [6.45, 7) is 10.3. The Hall–Kier alpha value is -1.53. The minimum atomic E-state index is 0.696. The largest absolute Gasteiger partial charge is 0.378 e. The third kappa shape index (κ3) is 1.86. The van der Waals surface area contributed by atoms with Gasteiger partial charge in [0.2, 0.25) is 0 Å². The number of hydrogen-bond acceptors (Lipinski definition) is 2. The van der Waals surface area contributed by atoms with Gasteiger partial charge in [0.05, 0.1) is 19.8 Å². The van der Waals surface area contributed by atoms with E-state index in [1.54, 1.807) is 0 Å². The first-order chi connectivity index (χ1) is 6.90. The second kappa shape index (κ2) is 4.12. The summed E-state index contributed by atoms with van der Waals surface area (Å²) in [4.78, 5) is 5.64. The van der Waals surface area contributed by atoms with Gasteiger partial charge in [0.1, 0.15) is 0 Å². The Morgan fingerprint density at radius 3 is 2.36 bits per heavy atom. The van der Waals surface area contributed by atoms with Crippen LogP contribution in [0.1, 0.15) is 0 Å². The minimum Gasteiger partial charge on any atom is -0.378 e. The quantitative estimate of drug-likeness (QED) is 0.627. The first kappa shape index (κ1) is 9.04. The number of rotatable bonds is 1. The second-order valence-corrected chi connectivity index (χ2v) is 3.23. The van der Waals surface area contributed by atoms with Crippen LogP contribution in [0.3, 0.4) is 0 Å². The Bertz CT molecular complexity index is 333. The van der Waals surface area contributed by atoms with Gasteiger partial charge in [-0.3, -0.25) is 0 Å². The monoisotopic (exact) mass is 188 g/mol. The maximum atomic E-state index is 6.85. The van der Waals surface area contributed by atoms with Gasteiger partial charge in [0.15, 0.2) is 5.69 Å². The molecule has 0 unspecified atom stereocenters. The summed E-state index contributed by atoms with van der Waals surface area (Å²) in [5, 5.41) is 0. The van der Waals surface area contributed by atoms with Crippen molar-refractivity contribution in [2.75, 3.05) is 31.2 Å². The summed E-state index contributed by atoms with van der Waals surface area (Å²) in [6, 6.07) is 7.72. The Kier molecular flexibility index (Phi) is 2.66. The van der Waals surface area contributed by atoms with Crippen molar-refractivity contribution < 1.29 is 4.74 Å². The molecule has 1 saturated heterocycles. The van der Waals surface area contributed by atoms with Crippen molar-refractivity contribution in [2.45, 2.75) is 0 Å². The molecule has 1 heterocycles. The van der Waals surface area contributed by atoms with Crippen molar-refractivity contribution in [1.29, 1.82) is 0 Å². The standard InChI is InChI=1S/C11H12N2O/c1-12-10-2-4-11(5-3-10)13-6-8-14-9-7-13/h2-5H,6-9H2. The van der Waals surface area contributed by atoms with Gasteiger partial charge >= 0.3 is 0 Å². The summed E-state index contributed by atoms with van der Waals surface area (Å²) in [6.07, 6.45) is 0. The van der Waals surface area contributed by atoms with E-state index in [4.69, 9.17) is 11.3 Å². The van der Waals surface area contributed by atoms with Gasteiger partial charge in [0.25, 0.3) is 0 Å². The molecule has 1 aliphatic rings. The average Bonchev–Trinajstić information content (AvgIpc) is 2.30. The lowest BCUT2D eigenvalue weighted by molar-refractivity contribution is 0.122. The van der Waals surface area contributed by atoms with E-state index in [2.05, 4.69) is 9.74 Å². The van der Waals surface area contributed by atoms with E-state index in [1.807, 2.05) is 24.3 Å².